The topological polar surface area (TPSA) is 86.5 Å². The fraction of sp³-hybridized carbons (Fsp3) is 0.533. The summed E-state index contributed by atoms with van der Waals surface area (Å²) >= 11 is 3.35. The molecular weight excluding hydrogens is 370 g/mol. The van der Waals surface area contributed by atoms with E-state index in [0.717, 1.165) is 10.0 Å². The Morgan fingerprint density at radius 3 is 2.36 bits per heavy atom. The van der Waals surface area contributed by atoms with Gasteiger partial charge in [0, 0.05) is 22.7 Å². The minimum Gasteiger partial charge on any atom is -0.465 e. The van der Waals surface area contributed by atoms with Crippen molar-refractivity contribution in [1.29, 1.82) is 0 Å². The maximum atomic E-state index is 12.4. The second-order valence-corrected chi connectivity index (χ2v) is 8.69. The van der Waals surface area contributed by atoms with Crippen molar-refractivity contribution in [2.24, 2.45) is 11.1 Å². The molecular formula is C15H20BrNO4S. The van der Waals surface area contributed by atoms with E-state index in [4.69, 9.17) is 10.5 Å². The predicted molar refractivity (Wildman–Crippen MR) is 88.3 cm³/mol. The van der Waals surface area contributed by atoms with Crippen molar-refractivity contribution in [3.05, 3.63) is 34.3 Å². The van der Waals surface area contributed by atoms with Crippen LogP contribution in [0.15, 0.2) is 28.7 Å². The summed E-state index contributed by atoms with van der Waals surface area (Å²) in [4.78, 5) is 12.4. The second kappa shape index (κ2) is 6.29. The van der Waals surface area contributed by atoms with Gasteiger partial charge in [0.15, 0.2) is 9.84 Å². The molecule has 22 heavy (non-hydrogen) atoms. The number of ether oxygens (including phenoxy) is 1. The molecule has 1 aliphatic carbocycles. The zero-order valence-electron chi connectivity index (χ0n) is 12.6. The number of sulfone groups is 1. The lowest BCUT2D eigenvalue weighted by Gasteiger charge is -2.14. The Balaban J connectivity index is 2.49. The Labute approximate surface area is 139 Å². The summed E-state index contributed by atoms with van der Waals surface area (Å²) in [6, 6.07) is 7.30. The van der Waals surface area contributed by atoms with Gasteiger partial charge in [0.1, 0.15) is 5.41 Å². The van der Waals surface area contributed by atoms with Gasteiger partial charge in [0.2, 0.25) is 0 Å². The van der Waals surface area contributed by atoms with E-state index in [1.54, 1.807) is 13.8 Å². The van der Waals surface area contributed by atoms with E-state index in [1.165, 1.54) is 0 Å². The van der Waals surface area contributed by atoms with Crippen molar-refractivity contribution in [3.63, 3.8) is 0 Å². The third kappa shape index (κ3) is 2.70. The molecule has 1 aromatic carbocycles. The van der Waals surface area contributed by atoms with Crippen molar-refractivity contribution in [2.45, 2.75) is 25.0 Å². The molecule has 0 aromatic heterocycles. The third-order valence-electron chi connectivity index (χ3n) is 4.27. The summed E-state index contributed by atoms with van der Waals surface area (Å²) in [5.41, 5.74) is 5.45. The van der Waals surface area contributed by atoms with Crippen molar-refractivity contribution >= 4 is 31.7 Å². The molecule has 2 N–H and O–H groups in total. The van der Waals surface area contributed by atoms with Gasteiger partial charge in [0.25, 0.3) is 0 Å². The van der Waals surface area contributed by atoms with Crippen molar-refractivity contribution in [1.82, 2.24) is 0 Å². The Hall–Kier alpha value is -0.920. The molecule has 1 aliphatic rings. The zero-order valence-corrected chi connectivity index (χ0v) is 15.0. The lowest BCUT2D eigenvalue weighted by Crippen LogP contribution is -2.34. The molecule has 0 spiro atoms. The van der Waals surface area contributed by atoms with E-state index >= 15 is 0 Å². The lowest BCUT2D eigenvalue weighted by atomic mass is 9.99. The van der Waals surface area contributed by atoms with Gasteiger partial charge in [-0.3, -0.25) is 4.79 Å². The summed E-state index contributed by atoms with van der Waals surface area (Å²) in [5, 5.41) is -0.810. The molecule has 2 rings (SSSR count). The number of carbonyl (C=O) groups is 1. The summed E-state index contributed by atoms with van der Waals surface area (Å²) in [6.07, 6.45) is 0. The fourth-order valence-electron chi connectivity index (χ4n) is 3.09. The van der Waals surface area contributed by atoms with Gasteiger partial charge < -0.3 is 10.5 Å². The van der Waals surface area contributed by atoms with Crippen LogP contribution in [0.25, 0.3) is 0 Å². The lowest BCUT2D eigenvalue weighted by molar-refractivity contribution is -0.149. The second-order valence-electron chi connectivity index (χ2n) is 5.37. The molecule has 0 amide bonds. The molecule has 3 atom stereocenters. The first-order valence-electron chi connectivity index (χ1n) is 7.19. The molecule has 5 nitrogen and oxygen atoms in total. The molecule has 0 radical (unpaired) electrons. The molecule has 0 saturated heterocycles. The minimum atomic E-state index is -3.41. The Kier molecular flexibility index (Phi) is 4.99. The first-order valence-corrected chi connectivity index (χ1v) is 9.70. The Bertz CT molecular complexity index is 659. The quantitative estimate of drug-likeness (QED) is 0.750. The van der Waals surface area contributed by atoms with Crippen LogP contribution in [0, 0.1) is 5.41 Å². The fourth-order valence-corrected chi connectivity index (χ4v) is 5.43. The van der Waals surface area contributed by atoms with Crippen LogP contribution in [0.5, 0.6) is 0 Å². The smallest absolute Gasteiger partial charge is 0.315 e. The van der Waals surface area contributed by atoms with Gasteiger partial charge in [-0.2, -0.15) is 0 Å². The predicted octanol–water partition coefficient (Wildman–Crippen LogP) is 1.86. The molecule has 1 saturated carbocycles. The maximum absolute atomic E-state index is 12.4. The Morgan fingerprint density at radius 2 is 1.91 bits per heavy atom. The van der Waals surface area contributed by atoms with Crippen LogP contribution in [0.1, 0.15) is 25.3 Å². The summed E-state index contributed by atoms with van der Waals surface area (Å²) in [7, 11) is -3.41. The van der Waals surface area contributed by atoms with Crippen LogP contribution in [0.2, 0.25) is 0 Å². The van der Waals surface area contributed by atoms with Crippen LogP contribution < -0.4 is 5.73 Å². The SMILES string of the molecule is CCOC(=O)[C@@]1(CN)[C@H](c2ccc(Br)cc2)[C@@H]1S(=O)(=O)CC. The first kappa shape index (κ1) is 17.4. The number of benzene rings is 1. The number of halogens is 1. The maximum Gasteiger partial charge on any atom is 0.315 e. The van der Waals surface area contributed by atoms with Crippen molar-refractivity contribution in [2.75, 3.05) is 18.9 Å². The molecule has 0 unspecified atom stereocenters. The van der Waals surface area contributed by atoms with Gasteiger partial charge in [-0.1, -0.05) is 35.0 Å². The van der Waals surface area contributed by atoms with Gasteiger partial charge in [-0.05, 0) is 24.6 Å². The van der Waals surface area contributed by atoms with Gasteiger partial charge >= 0.3 is 5.97 Å². The highest BCUT2D eigenvalue weighted by Gasteiger charge is 2.74. The van der Waals surface area contributed by atoms with Gasteiger partial charge in [-0.25, -0.2) is 8.42 Å². The van der Waals surface area contributed by atoms with Crippen LogP contribution >= 0.6 is 15.9 Å². The number of rotatable bonds is 6. The molecule has 1 fully saturated rings. The highest BCUT2D eigenvalue weighted by molar-refractivity contribution is 9.10. The standard InChI is InChI=1S/C15H20BrNO4S/c1-3-21-14(18)15(9-17)12(13(15)22(19,20)4-2)10-5-7-11(16)8-6-10/h5-8,12-13H,3-4,9,17H2,1-2H3/t12-,13+,15+/m1/s1. The summed E-state index contributed by atoms with van der Waals surface area (Å²) in [5.74, 6) is -0.992. The van der Waals surface area contributed by atoms with Crippen molar-refractivity contribution < 1.29 is 17.9 Å². The van der Waals surface area contributed by atoms with Crippen LogP contribution in [0.4, 0.5) is 0 Å². The number of carbonyl (C=O) groups excluding carboxylic acids is 1. The average Bonchev–Trinajstić information content (AvgIpc) is 3.20. The Morgan fingerprint density at radius 1 is 1.32 bits per heavy atom. The molecule has 122 valence electrons. The van der Waals surface area contributed by atoms with Gasteiger partial charge in [-0.15, -0.1) is 0 Å². The number of esters is 1. The van der Waals surface area contributed by atoms with E-state index in [1.807, 2.05) is 24.3 Å². The van der Waals surface area contributed by atoms with Crippen molar-refractivity contribution in [3.8, 4) is 0 Å². The largest absolute Gasteiger partial charge is 0.465 e. The summed E-state index contributed by atoms with van der Waals surface area (Å²) < 4.78 is 30.8. The van der Waals surface area contributed by atoms with Crippen LogP contribution in [-0.2, 0) is 19.4 Å². The number of hydrogen-bond donors (Lipinski definition) is 1. The number of hydrogen-bond acceptors (Lipinski definition) is 5. The van der Waals surface area contributed by atoms with E-state index in [-0.39, 0.29) is 18.9 Å². The number of nitrogens with two attached hydrogens (primary N) is 1. The van der Waals surface area contributed by atoms with Gasteiger partial charge in [0.05, 0.1) is 11.9 Å². The monoisotopic (exact) mass is 389 g/mol. The van der Waals surface area contributed by atoms with E-state index in [9.17, 15) is 13.2 Å². The minimum absolute atomic E-state index is 0.0220. The van der Waals surface area contributed by atoms with E-state index in [2.05, 4.69) is 15.9 Å². The molecule has 0 bridgehead atoms. The highest BCUT2D eigenvalue weighted by atomic mass is 79.9. The normalized spacial score (nSPS) is 27.5. The molecule has 0 heterocycles. The van der Waals surface area contributed by atoms with Crippen LogP contribution in [-0.4, -0.2) is 38.5 Å². The van der Waals surface area contributed by atoms with E-state index < -0.39 is 32.4 Å². The third-order valence-corrected chi connectivity index (χ3v) is 7.07. The molecule has 7 heteroatoms. The highest BCUT2D eigenvalue weighted by Crippen LogP contribution is 2.63. The molecule has 1 aromatic rings. The first-order chi connectivity index (χ1) is 10.3. The zero-order chi connectivity index (χ0) is 16.5. The van der Waals surface area contributed by atoms with Crippen LogP contribution in [0.3, 0.4) is 0 Å². The summed E-state index contributed by atoms with van der Waals surface area (Å²) in [6.45, 7) is 3.43. The molecule has 0 aliphatic heterocycles. The van der Waals surface area contributed by atoms with E-state index in [0.29, 0.717) is 0 Å². The average molecular weight is 390 g/mol.